The molecule has 2 atom stereocenters. The van der Waals surface area contributed by atoms with E-state index in [0.29, 0.717) is 12.5 Å². The topological polar surface area (TPSA) is 75.4 Å². The van der Waals surface area contributed by atoms with E-state index in [0.717, 1.165) is 31.7 Å². The summed E-state index contributed by atoms with van der Waals surface area (Å²) in [5.41, 5.74) is 0.0156. The monoisotopic (exact) mass is 268 g/mol. The predicted molar refractivity (Wildman–Crippen MR) is 69.5 cm³/mol. The smallest absolute Gasteiger partial charge is 0.272 e. The van der Waals surface area contributed by atoms with Crippen LogP contribution in [0, 0.1) is 21.8 Å². The van der Waals surface area contributed by atoms with Gasteiger partial charge in [0.25, 0.3) is 5.69 Å². The second-order valence-corrected chi connectivity index (χ2v) is 4.99. The first kappa shape index (κ1) is 13.7. The van der Waals surface area contributed by atoms with E-state index < -0.39 is 10.7 Å². The van der Waals surface area contributed by atoms with Gasteiger partial charge in [0.05, 0.1) is 22.8 Å². The minimum Gasteiger partial charge on any atom is -0.393 e. The van der Waals surface area contributed by atoms with Gasteiger partial charge in [-0.2, -0.15) is 0 Å². The summed E-state index contributed by atoms with van der Waals surface area (Å²) in [5, 5.41) is 23.0. The first-order valence-corrected chi connectivity index (χ1v) is 6.42. The first-order chi connectivity index (χ1) is 9.06. The van der Waals surface area contributed by atoms with Crippen LogP contribution in [0.4, 0.5) is 15.8 Å². The Hall–Kier alpha value is -1.69. The molecule has 2 rings (SSSR count). The van der Waals surface area contributed by atoms with Gasteiger partial charge in [0.2, 0.25) is 0 Å². The Morgan fingerprint density at radius 1 is 1.47 bits per heavy atom. The third-order valence-corrected chi connectivity index (χ3v) is 3.50. The van der Waals surface area contributed by atoms with Crippen molar-refractivity contribution >= 4 is 11.4 Å². The van der Waals surface area contributed by atoms with Crippen molar-refractivity contribution in [3.63, 3.8) is 0 Å². The number of nitro groups is 1. The van der Waals surface area contributed by atoms with E-state index in [-0.39, 0.29) is 17.5 Å². The van der Waals surface area contributed by atoms with Gasteiger partial charge in [-0.25, -0.2) is 4.39 Å². The van der Waals surface area contributed by atoms with Gasteiger partial charge in [-0.05, 0) is 31.2 Å². The van der Waals surface area contributed by atoms with Crippen LogP contribution in [0.15, 0.2) is 18.2 Å². The number of nitrogens with one attached hydrogen (secondary N) is 1. The molecule has 5 nitrogen and oxygen atoms in total. The van der Waals surface area contributed by atoms with E-state index in [2.05, 4.69) is 5.32 Å². The van der Waals surface area contributed by atoms with Crippen molar-refractivity contribution in [1.82, 2.24) is 0 Å². The number of rotatable bonds is 4. The second kappa shape index (κ2) is 5.97. The molecule has 0 amide bonds. The minimum absolute atomic E-state index is 0.254. The molecule has 1 aromatic rings. The van der Waals surface area contributed by atoms with Crippen LogP contribution in [0.1, 0.15) is 25.7 Å². The zero-order valence-corrected chi connectivity index (χ0v) is 10.5. The van der Waals surface area contributed by atoms with E-state index in [1.54, 1.807) is 0 Å². The molecule has 1 saturated carbocycles. The van der Waals surface area contributed by atoms with E-state index in [9.17, 15) is 19.6 Å². The van der Waals surface area contributed by atoms with E-state index in [1.807, 2.05) is 0 Å². The Bertz CT molecular complexity index is 467. The molecule has 6 heteroatoms. The van der Waals surface area contributed by atoms with Gasteiger partial charge in [-0.1, -0.05) is 6.42 Å². The number of halogens is 1. The highest BCUT2D eigenvalue weighted by molar-refractivity contribution is 5.50. The van der Waals surface area contributed by atoms with Crippen molar-refractivity contribution in [2.24, 2.45) is 5.92 Å². The predicted octanol–water partition coefficient (Wildman–Crippen LogP) is 2.70. The van der Waals surface area contributed by atoms with Crippen LogP contribution in [0.3, 0.4) is 0 Å². The molecule has 1 fully saturated rings. The van der Waals surface area contributed by atoms with Crippen LogP contribution in [-0.2, 0) is 0 Å². The standard InChI is InChI=1S/C13H17FN2O3/c14-12-7-10(16(18)19)4-5-13(12)15-8-9-2-1-3-11(17)6-9/h4-5,7,9,11,15,17H,1-3,6,8H2. The lowest BCUT2D eigenvalue weighted by molar-refractivity contribution is -0.385. The second-order valence-electron chi connectivity index (χ2n) is 4.99. The fourth-order valence-corrected chi connectivity index (χ4v) is 2.46. The number of aliphatic hydroxyl groups is 1. The van der Waals surface area contributed by atoms with Crippen LogP contribution >= 0.6 is 0 Å². The summed E-state index contributed by atoms with van der Waals surface area (Å²) < 4.78 is 13.6. The summed E-state index contributed by atoms with van der Waals surface area (Å²) in [6.45, 7) is 0.575. The van der Waals surface area contributed by atoms with Gasteiger partial charge in [-0.3, -0.25) is 10.1 Å². The summed E-state index contributed by atoms with van der Waals surface area (Å²) >= 11 is 0. The van der Waals surface area contributed by atoms with Crippen molar-refractivity contribution in [1.29, 1.82) is 0 Å². The number of nitrogens with zero attached hydrogens (tertiary/aromatic N) is 1. The molecule has 0 saturated heterocycles. The van der Waals surface area contributed by atoms with Crippen molar-refractivity contribution in [3.05, 3.63) is 34.1 Å². The Balaban J connectivity index is 1.94. The normalized spacial score (nSPS) is 23.1. The zero-order valence-electron chi connectivity index (χ0n) is 10.5. The average Bonchev–Trinajstić information content (AvgIpc) is 2.37. The first-order valence-electron chi connectivity index (χ1n) is 6.42. The van der Waals surface area contributed by atoms with E-state index >= 15 is 0 Å². The molecule has 2 unspecified atom stereocenters. The molecule has 1 aliphatic rings. The Morgan fingerprint density at radius 3 is 2.89 bits per heavy atom. The summed E-state index contributed by atoms with van der Waals surface area (Å²) in [5.74, 6) is -0.302. The maximum atomic E-state index is 13.6. The van der Waals surface area contributed by atoms with Gasteiger partial charge in [-0.15, -0.1) is 0 Å². The van der Waals surface area contributed by atoms with Crippen molar-refractivity contribution in [3.8, 4) is 0 Å². The quantitative estimate of drug-likeness (QED) is 0.650. The Labute approximate surface area is 110 Å². The van der Waals surface area contributed by atoms with E-state index in [4.69, 9.17) is 0 Å². The molecule has 0 spiro atoms. The van der Waals surface area contributed by atoms with Gasteiger partial charge in [0.15, 0.2) is 5.82 Å². The minimum atomic E-state index is -0.621. The Kier molecular flexibility index (Phi) is 4.31. The lowest BCUT2D eigenvalue weighted by atomic mass is 9.87. The number of nitro benzene ring substituents is 1. The average molecular weight is 268 g/mol. The molecular formula is C13H17FN2O3. The molecule has 1 aliphatic carbocycles. The summed E-state index contributed by atoms with van der Waals surface area (Å²) in [6.07, 6.45) is 3.29. The van der Waals surface area contributed by atoms with Crippen LogP contribution in [0.25, 0.3) is 0 Å². The summed E-state index contributed by atoms with van der Waals surface area (Å²) in [6, 6.07) is 3.58. The maximum Gasteiger partial charge on any atom is 0.272 e. The van der Waals surface area contributed by atoms with Gasteiger partial charge in [0, 0.05) is 12.6 Å². The largest absolute Gasteiger partial charge is 0.393 e. The fourth-order valence-electron chi connectivity index (χ4n) is 2.46. The number of non-ortho nitro benzene ring substituents is 1. The number of benzene rings is 1. The third-order valence-electron chi connectivity index (χ3n) is 3.50. The van der Waals surface area contributed by atoms with Crippen LogP contribution in [-0.4, -0.2) is 22.7 Å². The van der Waals surface area contributed by atoms with E-state index in [1.165, 1.54) is 12.1 Å². The van der Waals surface area contributed by atoms with Gasteiger partial charge >= 0.3 is 0 Å². The highest BCUT2D eigenvalue weighted by Crippen LogP contribution is 2.26. The number of hydrogen-bond acceptors (Lipinski definition) is 4. The number of hydrogen-bond donors (Lipinski definition) is 2. The lowest BCUT2D eigenvalue weighted by Crippen LogP contribution is -2.25. The molecule has 0 aliphatic heterocycles. The SMILES string of the molecule is O=[N+]([O-])c1ccc(NCC2CCCC(O)C2)c(F)c1. The summed E-state index contributed by atoms with van der Waals surface area (Å²) in [7, 11) is 0. The fraction of sp³-hybridized carbons (Fsp3) is 0.538. The number of anilines is 1. The zero-order chi connectivity index (χ0) is 13.8. The van der Waals surface area contributed by atoms with Crippen LogP contribution in [0.5, 0.6) is 0 Å². The van der Waals surface area contributed by atoms with Gasteiger partial charge in [0.1, 0.15) is 0 Å². The van der Waals surface area contributed by atoms with Crippen molar-refractivity contribution in [2.45, 2.75) is 31.8 Å². The number of aliphatic hydroxyl groups excluding tert-OH is 1. The Morgan fingerprint density at radius 2 is 2.26 bits per heavy atom. The van der Waals surface area contributed by atoms with Crippen molar-refractivity contribution in [2.75, 3.05) is 11.9 Å². The molecule has 1 aromatic carbocycles. The molecular weight excluding hydrogens is 251 g/mol. The molecule has 0 bridgehead atoms. The van der Waals surface area contributed by atoms with Crippen molar-refractivity contribution < 1.29 is 14.4 Å². The molecule has 19 heavy (non-hydrogen) atoms. The van der Waals surface area contributed by atoms with Crippen LogP contribution < -0.4 is 5.32 Å². The highest BCUT2D eigenvalue weighted by atomic mass is 19.1. The third kappa shape index (κ3) is 3.64. The molecule has 104 valence electrons. The molecule has 0 radical (unpaired) electrons. The molecule has 0 heterocycles. The maximum absolute atomic E-state index is 13.6. The van der Waals surface area contributed by atoms with Gasteiger partial charge < -0.3 is 10.4 Å². The molecule has 2 N–H and O–H groups in total. The van der Waals surface area contributed by atoms with Crippen LogP contribution in [0.2, 0.25) is 0 Å². The summed E-state index contributed by atoms with van der Waals surface area (Å²) in [4.78, 5) is 9.88. The lowest BCUT2D eigenvalue weighted by Gasteiger charge is -2.26. The highest BCUT2D eigenvalue weighted by Gasteiger charge is 2.20. The molecule has 0 aromatic heterocycles.